The molecule has 0 bridgehead atoms. The van der Waals surface area contributed by atoms with E-state index in [0.29, 0.717) is 18.7 Å². The number of hydrogen-bond donors (Lipinski definition) is 0. The molecule has 0 aliphatic rings. The van der Waals surface area contributed by atoms with Gasteiger partial charge in [0.15, 0.2) is 0 Å². The van der Waals surface area contributed by atoms with Gasteiger partial charge in [-0.25, -0.2) is 0 Å². The average molecular weight is 328 g/mol. The molecule has 3 rings (SSSR count). The van der Waals surface area contributed by atoms with Crippen LogP contribution in [0.25, 0.3) is 11.0 Å². The van der Waals surface area contributed by atoms with Crippen LogP contribution in [0.3, 0.4) is 0 Å². The zero-order valence-electron chi connectivity index (χ0n) is 12.9. The lowest BCUT2D eigenvalue weighted by Crippen LogP contribution is -2.28. The first-order chi connectivity index (χ1) is 11.1. The van der Waals surface area contributed by atoms with Crippen LogP contribution in [0.1, 0.15) is 22.8 Å². The Kier molecular flexibility index (Phi) is 4.20. The Morgan fingerprint density at radius 1 is 1.22 bits per heavy atom. The number of benzene rings is 1. The van der Waals surface area contributed by atoms with Crippen molar-refractivity contribution >= 4 is 28.7 Å². The number of nitrogens with zero attached hydrogens (tertiary/aromatic N) is 4. The van der Waals surface area contributed by atoms with E-state index in [-0.39, 0.29) is 11.5 Å². The SMILES string of the molecule is CCn1ccc(C(=O)N(C)Cc2ccc3nsnc3c2)cc1=O. The lowest BCUT2D eigenvalue weighted by molar-refractivity contribution is 0.0784. The molecule has 3 aromatic rings. The first-order valence-electron chi connectivity index (χ1n) is 7.25. The number of aromatic nitrogens is 3. The Labute approximate surface area is 137 Å². The molecule has 0 fully saturated rings. The third-order valence-electron chi connectivity index (χ3n) is 3.67. The van der Waals surface area contributed by atoms with Crippen molar-refractivity contribution in [2.75, 3.05) is 7.05 Å². The van der Waals surface area contributed by atoms with Gasteiger partial charge < -0.3 is 9.47 Å². The summed E-state index contributed by atoms with van der Waals surface area (Å²) in [6, 6.07) is 8.82. The van der Waals surface area contributed by atoms with Crippen molar-refractivity contribution in [1.82, 2.24) is 18.2 Å². The van der Waals surface area contributed by atoms with E-state index >= 15 is 0 Å². The molecule has 23 heavy (non-hydrogen) atoms. The van der Waals surface area contributed by atoms with Crippen molar-refractivity contribution < 1.29 is 4.79 Å². The van der Waals surface area contributed by atoms with Gasteiger partial charge in [-0.15, -0.1) is 0 Å². The Balaban J connectivity index is 1.79. The number of carbonyl (C=O) groups excluding carboxylic acids is 1. The second-order valence-electron chi connectivity index (χ2n) is 5.29. The van der Waals surface area contributed by atoms with Gasteiger partial charge >= 0.3 is 0 Å². The van der Waals surface area contributed by atoms with Crippen molar-refractivity contribution in [2.24, 2.45) is 0 Å². The summed E-state index contributed by atoms with van der Waals surface area (Å²) in [6.45, 7) is 2.92. The van der Waals surface area contributed by atoms with Crippen LogP contribution in [0, 0.1) is 0 Å². The highest BCUT2D eigenvalue weighted by atomic mass is 32.1. The van der Waals surface area contributed by atoms with Crippen molar-refractivity contribution in [2.45, 2.75) is 20.0 Å². The van der Waals surface area contributed by atoms with Crippen LogP contribution in [-0.4, -0.2) is 31.2 Å². The molecule has 0 N–H and O–H groups in total. The molecule has 1 amide bonds. The molecule has 0 saturated carbocycles. The third-order valence-corrected chi connectivity index (χ3v) is 4.23. The first kappa shape index (κ1) is 15.4. The minimum Gasteiger partial charge on any atom is -0.337 e. The van der Waals surface area contributed by atoms with Gasteiger partial charge in [-0.3, -0.25) is 9.59 Å². The molecular formula is C16H16N4O2S. The summed E-state index contributed by atoms with van der Waals surface area (Å²) < 4.78 is 9.92. The zero-order chi connectivity index (χ0) is 16.4. The Morgan fingerprint density at radius 3 is 2.74 bits per heavy atom. The third kappa shape index (κ3) is 3.14. The molecule has 2 aromatic heterocycles. The summed E-state index contributed by atoms with van der Waals surface area (Å²) in [5.41, 5.74) is 2.90. The molecule has 0 spiro atoms. The minimum atomic E-state index is -0.179. The smallest absolute Gasteiger partial charge is 0.254 e. The van der Waals surface area contributed by atoms with Crippen LogP contribution < -0.4 is 5.56 Å². The molecule has 0 saturated heterocycles. The predicted molar refractivity (Wildman–Crippen MR) is 89.6 cm³/mol. The molecule has 6 nitrogen and oxygen atoms in total. The summed E-state index contributed by atoms with van der Waals surface area (Å²) in [5, 5.41) is 0. The van der Waals surface area contributed by atoms with E-state index in [1.807, 2.05) is 25.1 Å². The average Bonchev–Trinajstić information content (AvgIpc) is 3.01. The Hall–Kier alpha value is -2.54. The van der Waals surface area contributed by atoms with Crippen LogP contribution in [0.15, 0.2) is 41.3 Å². The second kappa shape index (κ2) is 6.29. The number of carbonyl (C=O) groups is 1. The highest BCUT2D eigenvalue weighted by molar-refractivity contribution is 7.00. The second-order valence-corrected chi connectivity index (χ2v) is 5.82. The van der Waals surface area contributed by atoms with Gasteiger partial charge in [0, 0.05) is 38.0 Å². The molecule has 0 unspecified atom stereocenters. The van der Waals surface area contributed by atoms with Crippen molar-refractivity contribution in [3.63, 3.8) is 0 Å². The van der Waals surface area contributed by atoms with E-state index in [4.69, 9.17) is 0 Å². The Bertz CT molecular complexity index is 916. The summed E-state index contributed by atoms with van der Waals surface area (Å²) >= 11 is 1.17. The standard InChI is InChI=1S/C16H16N4O2S/c1-3-20-7-6-12(9-15(20)21)16(22)19(2)10-11-4-5-13-14(8-11)18-23-17-13/h4-9H,3,10H2,1-2H3. The van der Waals surface area contributed by atoms with E-state index in [2.05, 4.69) is 8.75 Å². The van der Waals surface area contributed by atoms with Crippen molar-refractivity contribution in [3.05, 3.63) is 58.0 Å². The maximum absolute atomic E-state index is 12.5. The van der Waals surface area contributed by atoms with Gasteiger partial charge in [-0.05, 0) is 30.7 Å². The quantitative estimate of drug-likeness (QED) is 0.736. The molecule has 7 heteroatoms. The number of amides is 1. The van der Waals surface area contributed by atoms with Crippen LogP contribution in [0.2, 0.25) is 0 Å². The van der Waals surface area contributed by atoms with Gasteiger partial charge in [-0.2, -0.15) is 8.75 Å². The van der Waals surface area contributed by atoms with Crippen molar-refractivity contribution in [3.8, 4) is 0 Å². The summed E-state index contributed by atoms with van der Waals surface area (Å²) in [6.07, 6.45) is 1.65. The van der Waals surface area contributed by atoms with Crippen LogP contribution >= 0.6 is 11.7 Å². The van der Waals surface area contributed by atoms with E-state index in [0.717, 1.165) is 16.6 Å². The molecule has 2 heterocycles. The predicted octanol–water partition coefficient (Wildman–Crippen LogP) is 2.15. The maximum atomic E-state index is 12.5. The van der Waals surface area contributed by atoms with Gasteiger partial charge in [0.2, 0.25) is 0 Å². The van der Waals surface area contributed by atoms with Gasteiger partial charge in [0.1, 0.15) is 11.0 Å². The lowest BCUT2D eigenvalue weighted by atomic mass is 10.1. The molecule has 0 aliphatic carbocycles. The highest BCUT2D eigenvalue weighted by Crippen LogP contribution is 2.15. The number of aryl methyl sites for hydroxylation is 1. The normalized spacial score (nSPS) is 10.9. The monoisotopic (exact) mass is 328 g/mol. The van der Waals surface area contributed by atoms with Crippen LogP contribution in [0.4, 0.5) is 0 Å². The van der Waals surface area contributed by atoms with Gasteiger partial charge in [-0.1, -0.05) is 6.07 Å². The lowest BCUT2D eigenvalue weighted by Gasteiger charge is -2.17. The number of rotatable bonds is 4. The van der Waals surface area contributed by atoms with Gasteiger partial charge in [0.25, 0.3) is 11.5 Å². The zero-order valence-corrected chi connectivity index (χ0v) is 13.7. The molecular weight excluding hydrogens is 312 g/mol. The number of hydrogen-bond acceptors (Lipinski definition) is 5. The topological polar surface area (TPSA) is 68.1 Å². The van der Waals surface area contributed by atoms with E-state index in [9.17, 15) is 9.59 Å². The van der Waals surface area contributed by atoms with Crippen molar-refractivity contribution in [1.29, 1.82) is 0 Å². The molecule has 0 aliphatic heterocycles. The molecule has 0 atom stereocenters. The van der Waals surface area contributed by atoms with Crippen LogP contribution in [0.5, 0.6) is 0 Å². The summed E-state index contributed by atoms with van der Waals surface area (Å²) in [4.78, 5) is 25.9. The van der Waals surface area contributed by atoms with E-state index in [1.54, 1.807) is 28.8 Å². The highest BCUT2D eigenvalue weighted by Gasteiger charge is 2.13. The van der Waals surface area contributed by atoms with Crippen LogP contribution in [-0.2, 0) is 13.1 Å². The number of fused-ring (bicyclic) bond motifs is 1. The maximum Gasteiger partial charge on any atom is 0.254 e. The fourth-order valence-electron chi connectivity index (χ4n) is 2.39. The molecule has 1 aromatic carbocycles. The largest absolute Gasteiger partial charge is 0.337 e. The fourth-order valence-corrected chi connectivity index (χ4v) is 2.91. The molecule has 0 radical (unpaired) electrons. The first-order valence-corrected chi connectivity index (χ1v) is 7.98. The fraction of sp³-hybridized carbons (Fsp3) is 0.250. The van der Waals surface area contributed by atoms with E-state index in [1.165, 1.54) is 17.8 Å². The summed E-state index contributed by atoms with van der Waals surface area (Å²) in [5.74, 6) is -0.179. The minimum absolute atomic E-state index is 0.165. The van der Waals surface area contributed by atoms with Gasteiger partial charge in [0.05, 0.1) is 11.7 Å². The Morgan fingerprint density at radius 2 is 2.00 bits per heavy atom. The number of pyridine rings is 1. The molecule has 118 valence electrons. The summed E-state index contributed by atoms with van der Waals surface area (Å²) in [7, 11) is 1.72. The van der Waals surface area contributed by atoms with E-state index < -0.39 is 0 Å².